The molecule has 0 radical (unpaired) electrons. The van der Waals surface area contributed by atoms with Crippen molar-refractivity contribution < 1.29 is 19.1 Å². The number of hydrogen-bond acceptors (Lipinski definition) is 7. The molecule has 1 saturated carbocycles. The Morgan fingerprint density at radius 2 is 1.73 bits per heavy atom. The van der Waals surface area contributed by atoms with Crippen LogP contribution in [0.25, 0.3) is 6.08 Å². The smallest absolute Gasteiger partial charge is 0.283 e. The van der Waals surface area contributed by atoms with Crippen LogP contribution >= 0.6 is 11.8 Å². The van der Waals surface area contributed by atoms with Crippen LogP contribution in [0.4, 0.5) is 11.4 Å². The van der Waals surface area contributed by atoms with Gasteiger partial charge in [-0.3, -0.25) is 14.5 Å². The second kappa shape index (κ2) is 14.0. The molecule has 2 aromatic carbocycles. The average Bonchev–Trinajstić information content (AvgIpc) is 3.31. The number of anilines is 2. The molecule has 9 heteroatoms. The first-order chi connectivity index (χ1) is 20.1. The molecule has 218 valence electrons. The van der Waals surface area contributed by atoms with E-state index < -0.39 is 0 Å². The van der Waals surface area contributed by atoms with E-state index in [1.807, 2.05) is 56.3 Å². The lowest BCUT2D eigenvalue weighted by molar-refractivity contribution is -0.121. The van der Waals surface area contributed by atoms with Crippen LogP contribution in [0.15, 0.2) is 59.2 Å². The minimum absolute atomic E-state index is 0.0160. The molecule has 0 bridgehead atoms. The van der Waals surface area contributed by atoms with Gasteiger partial charge in [-0.15, -0.1) is 0 Å². The molecule has 1 atom stereocenters. The van der Waals surface area contributed by atoms with Crippen LogP contribution in [-0.4, -0.2) is 61.2 Å². The Balaban J connectivity index is 1.38. The molecule has 2 aliphatic heterocycles. The van der Waals surface area contributed by atoms with Crippen LogP contribution in [0.5, 0.6) is 5.75 Å². The molecule has 0 spiro atoms. The molecule has 0 unspecified atom stereocenters. The minimum atomic E-state index is -0.346. The van der Waals surface area contributed by atoms with Gasteiger partial charge in [0.15, 0.2) is 5.17 Å². The van der Waals surface area contributed by atoms with Crippen LogP contribution in [0, 0.1) is 0 Å². The predicted molar refractivity (Wildman–Crippen MR) is 167 cm³/mol. The summed E-state index contributed by atoms with van der Waals surface area (Å²) < 4.78 is 11.1. The Hall–Kier alpha value is -3.30. The molecule has 2 heterocycles. The zero-order valence-corrected chi connectivity index (χ0v) is 24.8. The van der Waals surface area contributed by atoms with Gasteiger partial charge in [0.05, 0.1) is 30.8 Å². The monoisotopic (exact) mass is 576 g/mol. The zero-order chi connectivity index (χ0) is 28.6. The molecule has 3 aliphatic rings. The lowest BCUT2D eigenvalue weighted by atomic mass is 9.95. The van der Waals surface area contributed by atoms with E-state index in [4.69, 9.17) is 14.5 Å². The molecule has 0 aromatic heterocycles. The third kappa shape index (κ3) is 7.32. The quantitative estimate of drug-likeness (QED) is 0.390. The molecule has 5 rings (SSSR count). The van der Waals surface area contributed by atoms with Crippen molar-refractivity contribution in [1.82, 2.24) is 5.32 Å². The number of nitrogens with one attached hydrogen (secondary N) is 1. The van der Waals surface area contributed by atoms with E-state index in [9.17, 15) is 9.59 Å². The lowest BCUT2D eigenvalue weighted by Gasteiger charge is -2.28. The van der Waals surface area contributed by atoms with Crippen molar-refractivity contribution in [3.8, 4) is 5.75 Å². The zero-order valence-electron chi connectivity index (χ0n) is 24.0. The van der Waals surface area contributed by atoms with Gasteiger partial charge in [-0.25, -0.2) is 4.99 Å². The summed E-state index contributed by atoms with van der Waals surface area (Å²) >= 11 is 1.36. The van der Waals surface area contributed by atoms with Gasteiger partial charge in [0.25, 0.3) is 5.91 Å². The van der Waals surface area contributed by atoms with E-state index in [2.05, 4.69) is 22.3 Å². The van der Waals surface area contributed by atoms with Gasteiger partial charge >= 0.3 is 0 Å². The van der Waals surface area contributed by atoms with Gasteiger partial charge in [-0.2, -0.15) is 0 Å². The summed E-state index contributed by atoms with van der Waals surface area (Å²) in [5.41, 5.74) is 3.08. The molecule has 1 saturated heterocycles. The molecular weight excluding hydrogens is 536 g/mol. The number of aliphatic imine (C=N–C) groups is 1. The van der Waals surface area contributed by atoms with Gasteiger partial charge in [-0.1, -0.05) is 50.1 Å². The topological polar surface area (TPSA) is 83.5 Å². The number of amidine groups is 1. The number of carbonyl (C=O) groups is 2. The largest absolute Gasteiger partial charge is 0.494 e. The van der Waals surface area contributed by atoms with Gasteiger partial charge < -0.3 is 19.7 Å². The maximum atomic E-state index is 13.8. The van der Waals surface area contributed by atoms with Crippen LogP contribution < -0.4 is 19.9 Å². The van der Waals surface area contributed by atoms with Gasteiger partial charge in [0.1, 0.15) is 11.4 Å². The summed E-state index contributed by atoms with van der Waals surface area (Å²) in [6.07, 6.45) is 8.06. The van der Waals surface area contributed by atoms with E-state index in [0.29, 0.717) is 29.6 Å². The summed E-state index contributed by atoms with van der Waals surface area (Å²) in [5.74, 6) is 0.544. The molecule has 2 amide bonds. The van der Waals surface area contributed by atoms with Crippen molar-refractivity contribution in [2.24, 2.45) is 4.99 Å². The first-order valence-electron chi connectivity index (χ1n) is 14.8. The third-order valence-corrected chi connectivity index (χ3v) is 8.99. The number of morpholine rings is 1. The SMILES string of the molecule is CCOc1ccc(N2C(=O)/C(=C\c3ccc(N4CCOCC4)cc3)N=C2S[C@H](CC)C(=O)NC2CCCCC2)cc1. The van der Waals surface area contributed by atoms with Crippen molar-refractivity contribution in [3.63, 3.8) is 0 Å². The summed E-state index contributed by atoms with van der Waals surface area (Å²) in [6.45, 7) is 7.71. The molecule has 1 aliphatic carbocycles. The van der Waals surface area contributed by atoms with Gasteiger partial charge in [0, 0.05) is 24.8 Å². The Morgan fingerprint density at radius 3 is 2.39 bits per heavy atom. The van der Waals surface area contributed by atoms with Crippen molar-refractivity contribution in [2.75, 3.05) is 42.7 Å². The summed E-state index contributed by atoms with van der Waals surface area (Å²) in [6, 6.07) is 15.8. The fourth-order valence-electron chi connectivity index (χ4n) is 5.41. The summed E-state index contributed by atoms with van der Waals surface area (Å²) in [4.78, 5) is 35.8. The van der Waals surface area contributed by atoms with Crippen LogP contribution in [0.3, 0.4) is 0 Å². The number of thioether (sulfide) groups is 1. The Bertz CT molecular complexity index is 1250. The van der Waals surface area contributed by atoms with E-state index >= 15 is 0 Å². The van der Waals surface area contributed by atoms with E-state index in [1.165, 1.54) is 18.2 Å². The van der Waals surface area contributed by atoms with Crippen LogP contribution in [-0.2, 0) is 14.3 Å². The second-order valence-electron chi connectivity index (χ2n) is 10.5. The number of ether oxygens (including phenoxy) is 2. The molecular formula is C32H40N4O4S. The Labute approximate surface area is 247 Å². The number of nitrogens with zero attached hydrogens (tertiary/aromatic N) is 3. The molecule has 2 fully saturated rings. The second-order valence-corrected chi connectivity index (χ2v) is 11.7. The van der Waals surface area contributed by atoms with Crippen LogP contribution in [0.1, 0.15) is 57.9 Å². The highest BCUT2D eigenvalue weighted by atomic mass is 32.2. The summed E-state index contributed by atoms with van der Waals surface area (Å²) in [7, 11) is 0. The van der Waals surface area contributed by atoms with E-state index in [-0.39, 0.29) is 23.1 Å². The first kappa shape index (κ1) is 29.2. The maximum Gasteiger partial charge on any atom is 0.283 e. The molecule has 41 heavy (non-hydrogen) atoms. The highest BCUT2D eigenvalue weighted by molar-refractivity contribution is 8.15. The Kier molecular flexibility index (Phi) is 10.0. The number of amides is 2. The molecule has 1 N–H and O–H groups in total. The first-order valence-corrected chi connectivity index (χ1v) is 15.7. The van der Waals surface area contributed by atoms with Gasteiger partial charge in [-0.05, 0) is 74.2 Å². The van der Waals surface area contributed by atoms with Crippen molar-refractivity contribution in [2.45, 2.75) is 63.7 Å². The lowest BCUT2D eigenvalue weighted by Crippen LogP contribution is -2.42. The third-order valence-electron chi connectivity index (χ3n) is 7.67. The van der Waals surface area contributed by atoms with Crippen molar-refractivity contribution in [3.05, 3.63) is 59.8 Å². The standard InChI is InChI=1S/C32H40N4O4S/c1-3-29(30(37)33-24-8-6-5-7-9-24)41-32-34-28(31(38)36(32)26-14-16-27(17-15-26)40-4-2)22-23-10-12-25(13-11-23)35-18-20-39-21-19-35/h10-17,22,24,29H,3-9,18-21H2,1-2H3,(H,33,37)/b28-22+/t29-/m1/s1. The molecule has 8 nitrogen and oxygen atoms in total. The normalized spacial score (nSPS) is 19.8. The number of rotatable bonds is 9. The highest BCUT2D eigenvalue weighted by Crippen LogP contribution is 2.33. The van der Waals surface area contributed by atoms with E-state index in [0.717, 1.165) is 69.0 Å². The van der Waals surface area contributed by atoms with E-state index in [1.54, 1.807) is 4.90 Å². The molecule has 2 aromatic rings. The summed E-state index contributed by atoms with van der Waals surface area (Å²) in [5, 5.41) is 3.42. The predicted octanol–water partition coefficient (Wildman–Crippen LogP) is 5.63. The van der Waals surface area contributed by atoms with Crippen LogP contribution in [0.2, 0.25) is 0 Å². The fraction of sp³-hybridized carbons (Fsp3) is 0.469. The maximum absolute atomic E-state index is 13.8. The Morgan fingerprint density at radius 1 is 1.05 bits per heavy atom. The van der Waals surface area contributed by atoms with Crippen molar-refractivity contribution >= 4 is 46.2 Å². The minimum Gasteiger partial charge on any atom is -0.494 e. The average molecular weight is 577 g/mol. The highest BCUT2D eigenvalue weighted by Gasteiger charge is 2.35. The number of hydrogen-bond donors (Lipinski definition) is 1. The van der Waals surface area contributed by atoms with Gasteiger partial charge in [0.2, 0.25) is 5.91 Å². The number of benzene rings is 2. The van der Waals surface area contributed by atoms with Crippen molar-refractivity contribution in [1.29, 1.82) is 0 Å². The number of carbonyl (C=O) groups excluding carboxylic acids is 2. The fourth-order valence-corrected chi connectivity index (χ4v) is 6.45.